The van der Waals surface area contributed by atoms with E-state index in [-0.39, 0.29) is 35.6 Å². The van der Waals surface area contributed by atoms with Gasteiger partial charge >= 0.3 is 0 Å². The van der Waals surface area contributed by atoms with Gasteiger partial charge in [-0.15, -0.1) is 5.10 Å². The van der Waals surface area contributed by atoms with Crippen molar-refractivity contribution in [2.24, 2.45) is 5.10 Å². The Morgan fingerprint density at radius 2 is 2.03 bits per heavy atom. The van der Waals surface area contributed by atoms with Crippen LogP contribution in [0.1, 0.15) is 23.0 Å². The molecule has 0 unspecified atom stereocenters. The molecule has 0 radical (unpaired) electrons. The first kappa shape index (κ1) is 20.0. The molecular formula is C20H16N8O5. The van der Waals surface area contributed by atoms with Crippen LogP contribution >= 0.6 is 0 Å². The average Bonchev–Trinajstić information content (AvgIpc) is 3.55. The summed E-state index contributed by atoms with van der Waals surface area (Å²) in [5.74, 6) is 0.539. The van der Waals surface area contributed by atoms with Gasteiger partial charge in [0, 0.05) is 11.1 Å². The van der Waals surface area contributed by atoms with Crippen LogP contribution in [0, 0.1) is 0 Å². The zero-order valence-electron chi connectivity index (χ0n) is 17.1. The van der Waals surface area contributed by atoms with E-state index in [4.69, 9.17) is 15.2 Å². The average molecular weight is 448 g/mol. The Morgan fingerprint density at radius 3 is 2.82 bits per heavy atom. The van der Waals surface area contributed by atoms with Gasteiger partial charge in [-0.25, -0.2) is 10.1 Å². The quantitative estimate of drug-likeness (QED) is 0.299. The number of hydrogen-bond acceptors (Lipinski definition) is 11. The van der Waals surface area contributed by atoms with Crippen molar-refractivity contribution in [3.8, 4) is 34.3 Å². The summed E-state index contributed by atoms with van der Waals surface area (Å²) >= 11 is 0. The molecule has 0 spiro atoms. The van der Waals surface area contributed by atoms with Crippen LogP contribution in [0.4, 0.5) is 5.82 Å². The lowest BCUT2D eigenvalue weighted by molar-refractivity contribution is 0.0950. The van der Waals surface area contributed by atoms with Crippen LogP contribution < -0.4 is 20.6 Å². The van der Waals surface area contributed by atoms with E-state index in [0.29, 0.717) is 28.3 Å². The Hall–Kier alpha value is -4.94. The molecule has 2 aromatic carbocycles. The molecule has 13 nitrogen and oxygen atoms in total. The molecule has 166 valence electrons. The van der Waals surface area contributed by atoms with Crippen LogP contribution in [0.25, 0.3) is 17.1 Å². The van der Waals surface area contributed by atoms with Gasteiger partial charge in [0.15, 0.2) is 17.2 Å². The highest BCUT2D eigenvalue weighted by Crippen LogP contribution is 2.37. The molecule has 0 saturated carbocycles. The fourth-order valence-corrected chi connectivity index (χ4v) is 3.21. The van der Waals surface area contributed by atoms with E-state index in [1.165, 1.54) is 16.8 Å². The molecule has 1 amide bonds. The van der Waals surface area contributed by atoms with Gasteiger partial charge in [0.05, 0.1) is 5.71 Å². The number of anilines is 1. The minimum Gasteiger partial charge on any atom is -0.508 e. The fourth-order valence-electron chi connectivity index (χ4n) is 3.21. The van der Waals surface area contributed by atoms with Gasteiger partial charge in [0.1, 0.15) is 11.4 Å². The molecule has 4 N–H and O–H groups in total. The standard InChI is InChI=1S/C20H16N8O5/c1-10(11-3-2-4-13(29)7-11)22-24-20(30)16-17(12-5-6-14-15(8-12)32-9-31-14)28(27-23-16)19-18(21)25-33-26-19/h2-8,29H,9H2,1H3,(H2,21,25)(H,24,30). The van der Waals surface area contributed by atoms with Crippen molar-refractivity contribution in [2.45, 2.75) is 6.92 Å². The van der Waals surface area contributed by atoms with Crippen molar-refractivity contribution in [2.75, 3.05) is 12.5 Å². The molecule has 0 aliphatic carbocycles. The number of rotatable bonds is 5. The number of fused-ring (bicyclic) bond motifs is 1. The molecule has 0 bridgehead atoms. The Morgan fingerprint density at radius 1 is 1.18 bits per heavy atom. The van der Waals surface area contributed by atoms with Crippen molar-refractivity contribution in [3.05, 3.63) is 53.7 Å². The Balaban J connectivity index is 1.53. The van der Waals surface area contributed by atoms with E-state index in [9.17, 15) is 9.90 Å². The molecule has 13 heteroatoms. The summed E-state index contributed by atoms with van der Waals surface area (Å²) in [5, 5.41) is 29.1. The number of nitrogen functional groups attached to an aromatic ring is 1. The SMILES string of the molecule is CC(=NNC(=O)c1nnn(-c2nonc2N)c1-c1ccc2c(c1)OCO2)c1cccc(O)c1. The van der Waals surface area contributed by atoms with Gasteiger partial charge < -0.3 is 20.3 Å². The molecule has 0 atom stereocenters. The van der Waals surface area contributed by atoms with Crippen LogP contribution in [0.3, 0.4) is 0 Å². The maximum absolute atomic E-state index is 13.0. The maximum Gasteiger partial charge on any atom is 0.294 e. The second-order valence-corrected chi connectivity index (χ2v) is 6.93. The number of nitrogens with two attached hydrogens (primary N) is 1. The molecule has 3 heterocycles. The Kier molecular flexibility index (Phi) is 4.82. The molecule has 4 aromatic rings. The number of phenolic OH excluding ortho intramolecular Hbond substituents is 1. The van der Waals surface area contributed by atoms with Crippen LogP contribution in [0.15, 0.2) is 52.2 Å². The van der Waals surface area contributed by atoms with Crippen LogP contribution in [0.2, 0.25) is 0 Å². The summed E-state index contributed by atoms with van der Waals surface area (Å²) in [7, 11) is 0. The van der Waals surface area contributed by atoms with Crippen molar-refractivity contribution in [1.29, 1.82) is 0 Å². The topological polar surface area (TPSA) is 176 Å². The molecule has 33 heavy (non-hydrogen) atoms. The van der Waals surface area contributed by atoms with Crippen LogP contribution in [-0.2, 0) is 0 Å². The third kappa shape index (κ3) is 3.67. The van der Waals surface area contributed by atoms with Crippen LogP contribution in [-0.4, -0.2) is 48.8 Å². The highest BCUT2D eigenvalue weighted by Gasteiger charge is 2.27. The van der Waals surface area contributed by atoms with Gasteiger partial charge in [-0.05, 0) is 47.6 Å². The molecule has 0 fully saturated rings. The van der Waals surface area contributed by atoms with Crippen LogP contribution in [0.5, 0.6) is 17.2 Å². The molecule has 1 aliphatic heterocycles. The normalized spacial score (nSPS) is 12.7. The summed E-state index contributed by atoms with van der Waals surface area (Å²) in [6.07, 6.45) is 0. The van der Waals surface area contributed by atoms with E-state index in [2.05, 4.69) is 35.8 Å². The summed E-state index contributed by atoms with van der Waals surface area (Å²) in [5.41, 5.74) is 10.1. The number of hydrogen-bond donors (Lipinski definition) is 3. The first-order valence-electron chi connectivity index (χ1n) is 9.59. The number of hydrazone groups is 1. The van der Waals surface area contributed by atoms with Crippen molar-refractivity contribution in [1.82, 2.24) is 30.7 Å². The highest BCUT2D eigenvalue weighted by molar-refractivity contribution is 6.02. The molecule has 1 aliphatic rings. The highest BCUT2D eigenvalue weighted by atomic mass is 16.7. The Bertz CT molecular complexity index is 1390. The number of aromatic hydroxyl groups is 1. The van der Waals surface area contributed by atoms with E-state index in [0.717, 1.165) is 0 Å². The maximum atomic E-state index is 13.0. The molecule has 5 rings (SSSR count). The van der Waals surface area contributed by atoms with E-state index in [1.54, 1.807) is 37.3 Å². The predicted octanol–water partition coefficient (Wildman–Crippen LogP) is 1.49. The number of phenols is 1. The third-order valence-electron chi connectivity index (χ3n) is 4.82. The number of amides is 1. The Labute approximate surface area is 185 Å². The van der Waals surface area contributed by atoms with Gasteiger partial charge in [0.25, 0.3) is 5.91 Å². The fraction of sp³-hybridized carbons (Fsp3) is 0.100. The third-order valence-corrected chi connectivity index (χ3v) is 4.82. The number of nitrogens with one attached hydrogen (secondary N) is 1. The first-order chi connectivity index (χ1) is 16.0. The zero-order chi connectivity index (χ0) is 22.9. The zero-order valence-corrected chi connectivity index (χ0v) is 17.1. The number of benzene rings is 2. The van der Waals surface area contributed by atoms with E-state index in [1.807, 2.05) is 0 Å². The van der Waals surface area contributed by atoms with Crippen molar-refractivity contribution < 1.29 is 24.0 Å². The summed E-state index contributed by atoms with van der Waals surface area (Å²) in [6.45, 7) is 1.78. The lowest BCUT2D eigenvalue weighted by atomic mass is 10.1. The van der Waals surface area contributed by atoms with Gasteiger partial charge in [-0.3, -0.25) is 4.79 Å². The van der Waals surface area contributed by atoms with Gasteiger partial charge in [-0.2, -0.15) is 9.78 Å². The second-order valence-electron chi connectivity index (χ2n) is 6.93. The summed E-state index contributed by atoms with van der Waals surface area (Å²) < 4.78 is 16.7. The largest absolute Gasteiger partial charge is 0.508 e. The van der Waals surface area contributed by atoms with Crippen molar-refractivity contribution in [3.63, 3.8) is 0 Å². The summed E-state index contributed by atoms with van der Waals surface area (Å²) in [6, 6.07) is 11.6. The number of nitrogens with zero attached hydrogens (tertiary/aromatic N) is 6. The van der Waals surface area contributed by atoms with Crippen molar-refractivity contribution >= 4 is 17.4 Å². The number of carbonyl (C=O) groups is 1. The second kappa shape index (κ2) is 7.96. The monoisotopic (exact) mass is 448 g/mol. The smallest absolute Gasteiger partial charge is 0.294 e. The minimum absolute atomic E-state index is 0.0356. The lowest BCUT2D eigenvalue weighted by Gasteiger charge is -2.07. The minimum atomic E-state index is -0.636. The number of aromatic nitrogens is 5. The molecular weight excluding hydrogens is 432 g/mol. The van der Waals surface area contributed by atoms with Gasteiger partial charge in [0.2, 0.25) is 18.4 Å². The van der Waals surface area contributed by atoms with E-state index >= 15 is 0 Å². The van der Waals surface area contributed by atoms with Gasteiger partial charge in [-0.1, -0.05) is 17.3 Å². The number of carbonyl (C=O) groups excluding carboxylic acids is 1. The molecule has 2 aromatic heterocycles. The first-order valence-corrected chi connectivity index (χ1v) is 9.59. The number of ether oxygens (including phenoxy) is 2. The van der Waals surface area contributed by atoms with E-state index < -0.39 is 5.91 Å². The molecule has 0 saturated heterocycles. The predicted molar refractivity (Wildman–Crippen MR) is 113 cm³/mol. The lowest BCUT2D eigenvalue weighted by Crippen LogP contribution is -2.21. The summed E-state index contributed by atoms with van der Waals surface area (Å²) in [4.78, 5) is 13.0.